The van der Waals surface area contributed by atoms with Crippen molar-refractivity contribution in [3.8, 4) is 11.5 Å². The van der Waals surface area contributed by atoms with Gasteiger partial charge in [-0.15, -0.1) is 0 Å². The normalized spacial score (nSPS) is 14.8. The van der Waals surface area contributed by atoms with Gasteiger partial charge >= 0.3 is 0 Å². The third-order valence-electron chi connectivity index (χ3n) is 2.72. The molecule has 18 heavy (non-hydrogen) atoms. The van der Waals surface area contributed by atoms with E-state index in [0.717, 1.165) is 18.9 Å². The van der Waals surface area contributed by atoms with Crippen molar-refractivity contribution in [2.45, 2.75) is 18.9 Å². The van der Waals surface area contributed by atoms with Crippen LogP contribution >= 0.6 is 11.6 Å². The van der Waals surface area contributed by atoms with E-state index in [9.17, 15) is 9.18 Å². The van der Waals surface area contributed by atoms with Gasteiger partial charge in [0, 0.05) is 25.0 Å². The van der Waals surface area contributed by atoms with Gasteiger partial charge in [-0.05, 0) is 11.6 Å². The second kappa shape index (κ2) is 5.40. The number of hydrogen-bond donors (Lipinski definition) is 0. The van der Waals surface area contributed by atoms with Crippen molar-refractivity contribution in [2.24, 2.45) is 0 Å². The summed E-state index contributed by atoms with van der Waals surface area (Å²) in [5.74, 6) is -0.328. The van der Waals surface area contributed by atoms with E-state index >= 15 is 0 Å². The molecule has 0 saturated carbocycles. The quantitative estimate of drug-likeness (QED) is 0.622. The lowest BCUT2D eigenvalue weighted by Gasteiger charge is -2.16. The molecule has 1 aromatic rings. The Kier molecular flexibility index (Phi) is 3.87. The van der Waals surface area contributed by atoms with Crippen LogP contribution in [0.15, 0.2) is 24.3 Å². The number of carbonyl (C=O) groups is 1. The summed E-state index contributed by atoms with van der Waals surface area (Å²) in [5, 5.41) is -0.879. The Labute approximate surface area is 109 Å². The molecule has 0 aromatic heterocycles. The molecule has 0 unspecified atom stereocenters. The Bertz CT molecular complexity index is 491. The highest BCUT2D eigenvalue weighted by atomic mass is 35.5. The van der Waals surface area contributed by atoms with Gasteiger partial charge in [-0.2, -0.15) is 0 Å². The van der Waals surface area contributed by atoms with Gasteiger partial charge in [0.25, 0.3) is 5.24 Å². The van der Waals surface area contributed by atoms with Gasteiger partial charge in [0.15, 0.2) is 0 Å². The molecule has 0 saturated heterocycles. The molecule has 0 aliphatic heterocycles. The Morgan fingerprint density at radius 2 is 2.06 bits per heavy atom. The minimum atomic E-state index is -0.879. The zero-order valence-corrected chi connectivity index (χ0v) is 10.5. The lowest BCUT2D eigenvalue weighted by Crippen LogP contribution is -2.14. The van der Waals surface area contributed by atoms with Crippen molar-refractivity contribution in [1.82, 2.24) is 0 Å². The highest BCUT2D eigenvalue weighted by molar-refractivity contribution is 6.68. The molecule has 96 valence electrons. The first-order chi connectivity index (χ1) is 8.61. The maximum Gasteiger partial charge on any atom is 0.259 e. The maximum atomic E-state index is 13.7. The van der Waals surface area contributed by atoms with Gasteiger partial charge in [0.1, 0.15) is 29.0 Å². The van der Waals surface area contributed by atoms with Crippen LogP contribution in [0.3, 0.4) is 0 Å². The van der Waals surface area contributed by atoms with Crippen LogP contribution in [0.25, 0.3) is 0 Å². The number of ether oxygens (including phenoxy) is 2. The van der Waals surface area contributed by atoms with Crippen molar-refractivity contribution < 1.29 is 18.7 Å². The molecule has 0 spiro atoms. The molecule has 0 atom stereocenters. The third kappa shape index (κ3) is 2.64. The van der Waals surface area contributed by atoms with Gasteiger partial charge in [0.05, 0.1) is 7.11 Å². The maximum absolute atomic E-state index is 13.7. The minimum Gasteiger partial charge on any atom is -0.497 e. The van der Waals surface area contributed by atoms with E-state index in [4.69, 9.17) is 21.1 Å². The summed E-state index contributed by atoms with van der Waals surface area (Å²) >= 11 is 5.38. The van der Waals surface area contributed by atoms with E-state index in [0.29, 0.717) is 0 Å². The van der Waals surface area contributed by atoms with Gasteiger partial charge < -0.3 is 9.47 Å². The Hall–Kier alpha value is -1.55. The van der Waals surface area contributed by atoms with E-state index in [1.165, 1.54) is 13.2 Å². The molecule has 1 aromatic carbocycles. The lowest BCUT2D eigenvalue weighted by atomic mass is 10.2. The summed E-state index contributed by atoms with van der Waals surface area (Å²) < 4.78 is 24.3. The molecule has 0 fully saturated rings. The summed E-state index contributed by atoms with van der Waals surface area (Å²) in [6.07, 6.45) is 5.32. The van der Waals surface area contributed by atoms with Crippen molar-refractivity contribution in [3.05, 3.63) is 35.7 Å². The summed E-state index contributed by atoms with van der Waals surface area (Å²) in [6, 6.07) is 2.58. The topological polar surface area (TPSA) is 35.5 Å². The molecule has 1 aliphatic rings. The first-order valence-electron chi connectivity index (χ1n) is 5.51. The second-order valence-electron chi connectivity index (χ2n) is 3.94. The zero-order chi connectivity index (χ0) is 13.1. The number of carbonyl (C=O) groups excluding carboxylic acids is 1. The summed E-state index contributed by atoms with van der Waals surface area (Å²) in [6.45, 7) is 0. The molecule has 0 radical (unpaired) electrons. The SMILES string of the molecule is COc1cc(F)c(C(=O)Cl)c(OC2CC=CC2)c1. The lowest BCUT2D eigenvalue weighted by molar-refractivity contribution is 0.107. The molecule has 5 heteroatoms. The predicted octanol–water partition coefficient (Wildman–Crippen LogP) is 3.31. The average molecular weight is 271 g/mol. The first kappa shape index (κ1) is 12.9. The minimum absolute atomic E-state index is 0.0914. The van der Waals surface area contributed by atoms with E-state index in [1.807, 2.05) is 12.2 Å². The molecule has 1 aliphatic carbocycles. The van der Waals surface area contributed by atoms with Crippen molar-refractivity contribution in [2.75, 3.05) is 7.11 Å². The largest absolute Gasteiger partial charge is 0.497 e. The molecule has 0 N–H and O–H groups in total. The summed E-state index contributed by atoms with van der Waals surface area (Å²) in [4.78, 5) is 11.2. The summed E-state index contributed by atoms with van der Waals surface area (Å²) in [7, 11) is 1.41. The standard InChI is InChI=1S/C13H12ClFO3/c1-17-9-6-10(15)12(13(14)16)11(7-9)18-8-4-2-3-5-8/h2-3,6-8H,4-5H2,1H3. The van der Waals surface area contributed by atoms with E-state index in [-0.39, 0.29) is 23.2 Å². The molecular formula is C13H12ClFO3. The molecule has 0 heterocycles. The van der Waals surface area contributed by atoms with Crippen LogP contribution in [0, 0.1) is 5.82 Å². The molecule has 3 nitrogen and oxygen atoms in total. The second-order valence-corrected chi connectivity index (χ2v) is 4.28. The number of methoxy groups -OCH3 is 1. The monoisotopic (exact) mass is 270 g/mol. The molecule has 0 amide bonds. The molecule has 2 rings (SSSR count). The zero-order valence-electron chi connectivity index (χ0n) is 9.78. The summed E-state index contributed by atoms with van der Waals surface area (Å²) in [5.41, 5.74) is -0.246. The Balaban J connectivity index is 2.35. The number of halogens is 2. The van der Waals surface area contributed by atoms with Crippen LogP contribution in [-0.4, -0.2) is 18.5 Å². The fourth-order valence-electron chi connectivity index (χ4n) is 1.83. The highest BCUT2D eigenvalue weighted by Gasteiger charge is 2.21. The number of benzene rings is 1. The van der Waals surface area contributed by atoms with Gasteiger partial charge in [-0.3, -0.25) is 4.79 Å². The first-order valence-corrected chi connectivity index (χ1v) is 5.88. The van der Waals surface area contributed by atoms with Gasteiger partial charge in [-0.1, -0.05) is 12.2 Å². The average Bonchev–Trinajstić information content (AvgIpc) is 2.80. The Morgan fingerprint density at radius 3 is 2.61 bits per heavy atom. The van der Waals surface area contributed by atoms with Crippen LogP contribution in [0.2, 0.25) is 0 Å². The number of hydrogen-bond acceptors (Lipinski definition) is 3. The van der Waals surface area contributed by atoms with Gasteiger partial charge in [-0.25, -0.2) is 4.39 Å². The third-order valence-corrected chi connectivity index (χ3v) is 2.91. The predicted molar refractivity (Wildman–Crippen MR) is 65.9 cm³/mol. The van der Waals surface area contributed by atoms with E-state index in [2.05, 4.69) is 0 Å². The van der Waals surface area contributed by atoms with Crippen molar-refractivity contribution in [3.63, 3.8) is 0 Å². The fourth-order valence-corrected chi connectivity index (χ4v) is 2.01. The van der Waals surface area contributed by atoms with Crippen LogP contribution in [0.1, 0.15) is 23.2 Å². The van der Waals surface area contributed by atoms with Crippen molar-refractivity contribution >= 4 is 16.8 Å². The Morgan fingerprint density at radius 1 is 1.39 bits per heavy atom. The van der Waals surface area contributed by atoms with Crippen LogP contribution in [0.5, 0.6) is 11.5 Å². The number of rotatable bonds is 4. The molecular weight excluding hydrogens is 259 g/mol. The van der Waals surface area contributed by atoms with Crippen LogP contribution in [-0.2, 0) is 0 Å². The van der Waals surface area contributed by atoms with Crippen LogP contribution < -0.4 is 9.47 Å². The smallest absolute Gasteiger partial charge is 0.259 e. The van der Waals surface area contributed by atoms with E-state index < -0.39 is 11.1 Å². The van der Waals surface area contributed by atoms with E-state index in [1.54, 1.807) is 0 Å². The van der Waals surface area contributed by atoms with Crippen molar-refractivity contribution in [1.29, 1.82) is 0 Å². The highest BCUT2D eigenvalue weighted by Crippen LogP contribution is 2.31. The van der Waals surface area contributed by atoms with Gasteiger partial charge in [0.2, 0.25) is 0 Å². The fraction of sp³-hybridized carbons (Fsp3) is 0.308. The molecule has 0 bridgehead atoms. The van der Waals surface area contributed by atoms with Crippen LogP contribution in [0.4, 0.5) is 4.39 Å².